The van der Waals surface area contributed by atoms with Gasteiger partial charge in [-0.3, -0.25) is 4.90 Å². The fraction of sp³-hybridized carbons (Fsp3) is 0.320. The largest absolute Gasteiger partial charge is 0.401 e. The van der Waals surface area contributed by atoms with Crippen LogP contribution in [0.4, 0.5) is 5.69 Å². The molecule has 7 heteroatoms. The average molecular weight is 450 g/mol. The highest BCUT2D eigenvalue weighted by Gasteiger charge is 2.22. The molecule has 6 nitrogen and oxygen atoms in total. The molecule has 3 aromatic rings. The van der Waals surface area contributed by atoms with E-state index in [0.29, 0.717) is 5.89 Å². The quantitative estimate of drug-likeness (QED) is 0.313. The van der Waals surface area contributed by atoms with Crippen LogP contribution < -0.4 is 9.47 Å². The summed E-state index contributed by atoms with van der Waals surface area (Å²) in [4.78, 5) is 11.8. The molecule has 1 aromatic carbocycles. The van der Waals surface area contributed by atoms with E-state index in [1.807, 2.05) is 42.1 Å². The van der Waals surface area contributed by atoms with Crippen LogP contribution in [0.3, 0.4) is 0 Å². The molecule has 0 N–H and O–H groups in total. The number of allylic oxidation sites excluding steroid dienone is 2. The summed E-state index contributed by atoms with van der Waals surface area (Å²) in [6.45, 7) is 3.25. The van der Waals surface area contributed by atoms with E-state index in [0.717, 1.165) is 56.7 Å². The summed E-state index contributed by atoms with van der Waals surface area (Å²) in [5.41, 5.74) is 4.67. The first-order valence-corrected chi connectivity index (χ1v) is 11.8. The molecule has 0 fully saturated rings. The maximum Gasteiger partial charge on any atom is 0.401 e. The van der Waals surface area contributed by atoms with Crippen LogP contribution in [0.1, 0.15) is 19.2 Å². The monoisotopic (exact) mass is 449 g/mol. The Morgan fingerprint density at radius 2 is 1.91 bits per heavy atom. The van der Waals surface area contributed by atoms with Crippen LogP contribution in [0, 0.1) is 0 Å². The summed E-state index contributed by atoms with van der Waals surface area (Å²) < 4.78 is 8.87. The number of aliphatic imine (C=N–C) groups is 1. The molecule has 0 amide bonds. The first kappa shape index (κ1) is 22.3. The van der Waals surface area contributed by atoms with Gasteiger partial charge in [-0.25, -0.2) is 9.98 Å². The zero-order valence-corrected chi connectivity index (χ0v) is 20.3. The number of amidine groups is 1. The number of pyridine rings is 1. The predicted octanol–water partition coefficient (Wildman–Crippen LogP) is 4.60. The normalized spacial score (nSPS) is 15.9. The number of thioether (sulfide) groups is 1. The summed E-state index contributed by atoms with van der Waals surface area (Å²) in [5, 5.41) is 0.977. The molecule has 0 unspecified atom stereocenters. The molecule has 0 aliphatic carbocycles. The third kappa shape index (κ3) is 5.29. The van der Waals surface area contributed by atoms with Crippen molar-refractivity contribution in [1.82, 2.24) is 4.98 Å². The van der Waals surface area contributed by atoms with E-state index < -0.39 is 0 Å². The molecule has 0 atom stereocenters. The van der Waals surface area contributed by atoms with Crippen LogP contribution in [-0.4, -0.2) is 48.1 Å². The van der Waals surface area contributed by atoms with E-state index >= 15 is 0 Å². The van der Waals surface area contributed by atoms with Gasteiger partial charge in [-0.2, -0.15) is 4.57 Å². The number of para-hydroxylation sites is 1. The number of hydrogen-bond donors (Lipinski definition) is 0. The van der Waals surface area contributed by atoms with Gasteiger partial charge in [-0.15, -0.1) is 0 Å². The van der Waals surface area contributed by atoms with Crippen LogP contribution in [0.2, 0.25) is 0 Å². The Balaban J connectivity index is 1.64. The number of aromatic nitrogens is 2. The second-order valence-corrected chi connectivity index (χ2v) is 10.1. The Morgan fingerprint density at radius 3 is 2.62 bits per heavy atom. The molecule has 166 valence electrons. The van der Waals surface area contributed by atoms with Crippen molar-refractivity contribution in [1.29, 1.82) is 0 Å². The summed E-state index contributed by atoms with van der Waals surface area (Å²) in [5.74, 6) is 1.57. The van der Waals surface area contributed by atoms with Gasteiger partial charge >= 0.3 is 5.71 Å². The summed E-state index contributed by atoms with van der Waals surface area (Å²) in [7, 11) is 8.64. The Hall–Kier alpha value is -2.90. The number of aryl methyl sites for hydroxylation is 1. The van der Waals surface area contributed by atoms with Gasteiger partial charge in [0.1, 0.15) is 7.05 Å². The van der Waals surface area contributed by atoms with Gasteiger partial charge in [0, 0.05) is 35.7 Å². The van der Waals surface area contributed by atoms with E-state index in [1.54, 1.807) is 11.8 Å². The predicted molar refractivity (Wildman–Crippen MR) is 133 cm³/mol. The number of quaternary nitrogens is 1. The maximum atomic E-state index is 5.97. The molecular weight excluding hydrogens is 418 g/mol. The number of oxazole rings is 1. The van der Waals surface area contributed by atoms with Crippen LogP contribution >= 0.6 is 11.8 Å². The first-order valence-electron chi connectivity index (χ1n) is 10.8. The molecule has 2 aromatic heterocycles. The lowest BCUT2D eigenvalue weighted by molar-refractivity contribution is -0.870. The van der Waals surface area contributed by atoms with E-state index in [1.165, 1.54) is 0 Å². The van der Waals surface area contributed by atoms with E-state index in [2.05, 4.69) is 68.3 Å². The van der Waals surface area contributed by atoms with Crippen molar-refractivity contribution >= 4 is 39.9 Å². The average Bonchev–Trinajstić information content (AvgIpc) is 3.15. The van der Waals surface area contributed by atoms with Gasteiger partial charge in [-0.05, 0) is 31.2 Å². The maximum absolute atomic E-state index is 5.97. The lowest BCUT2D eigenvalue weighted by Gasteiger charge is -2.30. The fourth-order valence-electron chi connectivity index (χ4n) is 3.61. The number of hydrogen-bond acceptors (Lipinski definition) is 5. The Labute approximate surface area is 194 Å². The highest BCUT2D eigenvalue weighted by atomic mass is 32.2. The van der Waals surface area contributed by atoms with Crippen LogP contribution in [0.25, 0.3) is 17.3 Å². The van der Waals surface area contributed by atoms with Crippen molar-refractivity contribution in [2.45, 2.75) is 13.3 Å². The Bertz CT molecular complexity index is 1190. The zero-order valence-electron chi connectivity index (χ0n) is 19.4. The topological polar surface area (TPSA) is 45.5 Å². The second-order valence-electron chi connectivity index (χ2n) is 9.00. The molecule has 4 rings (SSSR count). The molecule has 0 bridgehead atoms. The van der Waals surface area contributed by atoms with Gasteiger partial charge in [0.25, 0.3) is 0 Å². The van der Waals surface area contributed by atoms with E-state index in [-0.39, 0.29) is 0 Å². The summed E-state index contributed by atoms with van der Waals surface area (Å²) in [6.07, 6.45) is 7.08. The van der Waals surface area contributed by atoms with Crippen LogP contribution in [0.15, 0.2) is 75.5 Å². The van der Waals surface area contributed by atoms with Crippen LogP contribution in [-0.2, 0) is 7.05 Å². The molecule has 1 aliphatic heterocycles. The Kier molecular flexibility index (Phi) is 6.48. The number of anilines is 1. The molecule has 0 saturated carbocycles. The van der Waals surface area contributed by atoms with Crippen molar-refractivity contribution in [3.8, 4) is 0 Å². The zero-order chi connectivity index (χ0) is 22.7. The van der Waals surface area contributed by atoms with Gasteiger partial charge in [0.05, 0.1) is 33.4 Å². The lowest BCUT2D eigenvalue weighted by atomic mass is 10.2. The van der Waals surface area contributed by atoms with Crippen molar-refractivity contribution < 1.29 is 13.5 Å². The van der Waals surface area contributed by atoms with Crippen molar-refractivity contribution in [3.05, 3.63) is 72.0 Å². The summed E-state index contributed by atoms with van der Waals surface area (Å²) >= 11 is 1.80. The molecule has 0 spiro atoms. The molecular formula is C25H31N5OS+2. The van der Waals surface area contributed by atoms with E-state index in [9.17, 15) is 0 Å². The number of fused-ring (bicyclic) bond motifs is 1. The first-order chi connectivity index (χ1) is 15.3. The SMILES string of the molecule is CC1=C/C(=C\c2nc3ccc[n+](C)c3o2)N=C(SCCC[N+](C)(C)C)N1c1ccccc1. The van der Waals surface area contributed by atoms with Crippen molar-refractivity contribution in [2.75, 3.05) is 38.3 Å². The smallest absolute Gasteiger partial charge is 0.384 e. The van der Waals surface area contributed by atoms with Crippen LogP contribution in [0.5, 0.6) is 0 Å². The molecule has 32 heavy (non-hydrogen) atoms. The third-order valence-corrected chi connectivity index (χ3v) is 6.18. The second kappa shape index (κ2) is 9.30. The minimum atomic E-state index is 0.562. The highest BCUT2D eigenvalue weighted by molar-refractivity contribution is 8.14. The van der Waals surface area contributed by atoms with Gasteiger partial charge in [0.2, 0.25) is 5.89 Å². The Morgan fingerprint density at radius 1 is 1.12 bits per heavy atom. The standard InChI is InChI=1S/C25H31N5OS/c1-19-17-20(18-23-27-22-13-9-14-28(2)24(22)31-23)26-25(32-16-10-15-30(3,4)5)29(19)21-11-7-6-8-12-21/h6-9,11-14,17-18H,10,15-16H2,1-5H3/q+2/b20-18+. The number of rotatable bonds is 6. The molecule has 0 saturated heterocycles. The van der Waals surface area contributed by atoms with Crippen molar-refractivity contribution in [3.63, 3.8) is 0 Å². The van der Waals surface area contributed by atoms with Gasteiger partial charge in [0.15, 0.2) is 16.9 Å². The minimum absolute atomic E-state index is 0.562. The summed E-state index contributed by atoms with van der Waals surface area (Å²) in [6, 6.07) is 14.3. The van der Waals surface area contributed by atoms with Gasteiger partial charge in [-0.1, -0.05) is 30.0 Å². The third-order valence-electron chi connectivity index (χ3n) is 5.15. The number of nitrogens with zero attached hydrogens (tertiary/aromatic N) is 5. The molecule has 1 aliphatic rings. The van der Waals surface area contributed by atoms with Gasteiger partial charge < -0.3 is 8.90 Å². The molecule has 0 radical (unpaired) electrons. The molecule has 3 heterocycles. The minimum Gasteiger partial charge on any atom is -0.384 e. The fourth-order valence-corrected chi connectivity index (χ4v) is 4.61. The van der Waals surface area contributed by atoms with Crippen molar-refractivity contribution in [2.24, 2.45) is 12.0 Å². The van der Waals surface area contributed by atoms with E-state index in [4.69, 9.17) is 9.41 Å². The number of benzene rings is 1. The lowest BCUT2D eigenvalue weighted by Crippen LogP contribution is -2.35. The highest BCUT2D eigenvalue weighted by Crippen LogP contribution is 2.30.